The number of alkyl halides is 3. The number of benzene rings is 3. The van der Waals surface area contributed by atoms with Gasteiger partial charge in [-0.05, 0) is 30.5 Å². The zero-order chi connectivity index (χ0) is 22.0. The molecule has 0 aliphatic rings. The number of rotatable bonds is 5. The van der Waals surface area contributed by atoms with Crippen molar-refractivity contribution in [3.05, 3.63) is 101 Å². The summed E-state index contributed by atoms with van der Waals surface area (Å²) in [7, 11) is 0. The maximum atomic E-state index is 14.1. The van der Waals surface area contributed by atoms with Gasteiger partial charge in [0, 0.05) is 11.3 Å². The fourth-order valence-electron chi connectivity index (χ4n) is 3.60. The first kappa shape index (κ1) is 21.2. The van der Waals surface area contributed by atoms with Crippen LogP contribution in [0.25, 0.3) is 17.1 Å². The summed E-state index contributed by atoms with van der Waals surface area (Å²) in [5.74, 6) is 0.704. The number of para-hydroxylation sites is 1. The van der Waals surface area contributed by atoms with Gasteiger partial charge in [-0.3, -0.25) is 4.57 Å². The van der Waals surface area contributed by atoms with Crippen LogP contribution in [0, 0.1) is 13.8 Å². The maximum Gasteiger partial charge on any atom is 0.436 e. The van der Waals surface area contributed by atoms with Crippen LogP contribution in [0.3, 0.4) is 0 Å². The Labute approximate surface area is 183 Å². The van der Waals surface area contributed by atoms with Gasteiger partial charge in [-0.2, -0.15) is 13.2 Å². The number of hydrogen-bond donors (Lipinski definition) is 0. The van der Waals surface area contributed by atoms with Crippen molar-refractivity contribution in [3.8, 4) is 17.1 Å². The summed E-state index contributed by atoms with van der Waals surface area (Å²) in [6, 6.07) is 24.3. The maximum absolute atomic E-state index is 14.1. The first-order valence-corrected chi connectivity index (χ1v) is 10.8. The molecule has 0 N–H and O–H groups in total. The summed E-state index contributed by atoms with van der Waals surface area (Å²) >= 11 is 1.16. The summed E-state index contributed by atoms with van der Waals surface area (Å²) in [6.07, 6.45) is -4.57. The van der Waals surface area contributed by atoms with Crippen molar-refractivity contribution in [1.82, 2.24) is 9.55 Å². The van der Waals surface area contributed by atoms with Crippen LogP contribution in [-0.4, -0.2) is 9.55 Å². The number of thioether (sulfide) groups is 1. The summed E-state index contributed by atoms with van der Waals surface area (Å²) in [4.78, 5) is 4.14. The van der Waals surface area contributed by atoms with Crippen molar-refractivity contribution in [1.29, 1.82) is 0 Å². The van der Waals surface area contributed by atoms with Crippen LogP contribution in [0.1, 0.15) is 22.4 Å². The monoisotopic (exact) mass is 438 g/mol. The molecule has 0 aliphatic heterocycles. The minimum Gasteiger partial charge on any atom is -0.286 e. The molecule has 4 aromatic rings. The number of imidazole rings is 1. The normalized spacial score (nSPS) is 11.6. The standard InChI is InChI=1S/C25H21F3N2S/c1-17-10-9-11-18(2)21(17)30-23(20-14-7-4-8-15-20)29-22(25(26,27)28)24(30)31-16-19-12-5-3-6-13-19/h3-15H,16H2,1-2H3. The van der Waals surface area contributed by atoms with E-state index in [9.17, 15) is 13.2 Å². The average Bonchev–Trinajstić information content (AvgIpc) is 3.13. The van der Waals surface area contributed by atoms with Crippen LogP contribution in [-0.2, 0) is 11.9 Å². The zero-order valence-electron chi connectivity index (χ0n) is 17.1. The molecule has 158 valence electrons. The summed E-state index contributed by atoms with van der Waals surface area (Å²) < 4.78 is 44.0. The Balaban J connectivity index is 1.97. The molecule has 0 spiro atoms. The molecule has 0 atom stereocenters. The van der Waals surface area contributed by atoms with Crippen LogP contribution in [0.5, 0.6) is 0 Å². The molecular weight excluding hydrogens is 417 g/mol. The SMILES string of the molecule is Cc1cccc(C)c1-n1c(-c2ccccc2)nc(C(F)(F)F)c1SCc1ccccc1. The van der Waals surface area contributed by atoms with E-state index in [0.717, 1.165) is 34.1 Å². The molecule has 2 nitrogen and oxygen atoms in total. The molecule has 0 unspecified atom stereocenters. The number of aryl methyl sites for hydroxylation is 2. The van der Waals surface area contributed by atoms with Crippen LogP contribution in [0.4, 0.5) is 13.2 Å². The highest BCUT2D eigenvalue weighted by Gasteiger charge is 2.40. The Morgan fingerprint density at radius 3 is 1.97 bits per heavy atom. The topological polar surface area (TPSA) is 17.8 Å². The van der Waals surface area contributed by atoms with Gasteiger partial charge in [0.15, 0.2) is 5.69 Å². The van der Waals surface area contributed by atoms with E-state index in [1.54, 1.807) is 16.7 Å². The van der Waals surface area contributed by atoms with Gasteiger partial charge in [0.25, 0.3) is 0 Å². The number of halogens is 3. The molecule has 4 rings (SSSR count). The lowest BCUT2D eigenvalue weighted by molar-refractivity contribution is -0.143. The molecule has 0 saturated heterocycles. The lowest BCUT2D eigenvalue weighted by atomic mass is 10.1. The van der Waals surface area contributed by atoms with E-state index in [0.29, 0.717) is 17.1 Å². The lowest BCUT2D eigenvalue weighted by Gasteiger charge is -2.18. The first-order valence-electron chi connectivity index (χ1n) is 9.85. The van der Waals surface area contributed by atoms with Gasteiger partial charge in [0.05, 0.1) is 5.69 Å². The minimum atomic E-state index is -4.57. The van der Waals surface area contributed by atoms with Crippen LogP contribution < -0.4 is 0 Å². The van der Waals surface area contributed by atoms with E-state index in [2.05, 4.69) is 4.98 Å². The van der Waals surface area contributed by atoms with Crippen molar-refractivity contribution in [3.63, 3.8) is 0 Å². The molecule has 0 aliphatic carbocycles. The fraction of sp³-hybridized carbons (Fsp3) is 0.160. The van der Waals surface area contributed by atoms with E-state index in [1.807, 2.05) is 80.6 Å². The average molecular weight is 439 g/mol. The van der Waals surface area contributed by atoms with Gasteiger partial charge < -0.3 is 0 Å². The lowest BCUT2D eigenvalue weighted by Crippen LogP contribution is -2.09. The van der Waals surface area contributed by atoms with E-state index < -0.39 is 11.9 Å². The van der Waals surface area contributed by atoms with Crippen molar-refractivity contribution >= 4 is 11.8 Å². The Bertz CT molecular complexity index is 1160. The smallest absolute Gasteiger partial charge is 0.286 e. The van der Waals surface area contributed by atoms with Gasteiger partial charge in [-0.1, -0.05) is 78.9 Å². The third-order valence-corrected chi connectivity index (χ3v) is 6.14. The molecule has 1 aromatic heterocycles. The van der Waals surface area contributed by atoms with Gasteiger partial charge >= 0.3 is 6.18 Å². The van der Waals surface area contributed by atoms with Crippen LogP contribution in [0.15, 0.2) is 83.9 Å². The minimum absolute atomic E-state index is 0.104. The highest BCUT2D eigenvalue weighted by molar-refractivity contribution is 7.98. The Hall–Kier alpha value is -2.99. The van der Waals surface area contributed by atoms with Crippen molar-refractivity contribution in [2.75, 3.05) is 0 Å². The first-order chi connectivity index (χ1) is 14.9. The molecule has 3 aromatic carbocycles. The molecule has 0 fully saturated rings. The van der Waals surface area contributed by atoms with Gasteiger partial charge in [-0.25, -0.2) is 4.98 Å². The number of aromatic nitrogens is 2. The van der Waals surface area contributed by atoms with E-state index in [4.69, 9.17) is 0 Å². The van der Waals surface area contributed by atoms with Crippen molar-refractivity contribution < 1.29 is 13.2 Å². The largest absolute Gasteiger partial charge is 0.436 e. The van der Waals surface area contributed by atoms with Gasteiger partial charge in [0.1, 0.15) is 10.9 Å². The van der Waals surface area contributed by atoms with Gasteiger partial charge in [0.2, 0.25) is 0 Å². The summed E-state index contributed by atoms with van der Waals surface area (Å²) in [5, 5.41) is 0.104. The zero-order valence-corrected chi connectivity index (χ0v) is 18.0. The van der Waals surface area contributed by atoms with E-state index in [1.165, 1.54) is 0 Å². The van der Waals surface area contributed by atoms with Crippen molar-refractivity contribution in [2.24, 2.45) is 0 Å². The summed E-state index contributed by atoms with van der Waals surface area (Å²) in [6.45, 7) is 3.83. The molecule has 0 radical (unpaired) electrons. The molecule has 0 bridgehead atoms. The Morgan fingerprint density at radius 2 is 1.39 bits per heavy atom. The third kappa shape index (κ3) is 4.39. The number of nitrogens with zero attached hydrogens (tertiary/aromatic N) is 2. The van der Waals surface area contributed by atoms with Crippen LogP contribution >= 0.6 is 11.8 Å². The predicted octanol–water partition coefficient (Wildman–Crippen LogP) is 7.47. The third-order valence-electron chi connectivity index (χ3n) is 5.02. The molecule has 6 heteroatoms. The Kier molecular flexibility index (Phi) is 5.92. The summed E-state index contributed by atoms with van der Waals surface area (Å²) in [5.41, 5.74) is 3.27. The fourth-order valence-corrected chi connectivity index (χ4v) is 4.70. The van der Waals surface area contributed by atoms with Crippen molar-refractivity contribution in [2.45, 2.75) is 30.8 Å². The molecule has 0 saturated carbocycles. The van der Waals surface area contributed by atoms with E-state index >= 15 is 0 Å². The second kappa shape index (κ2) is 8.63. The number of hydrogen-bond acceptors (Lipinski definition) is 2. The van der Waals surface area contributed by atoms with Crippen LogP contribution in [0.2, 0.25) is 0 Å². The van der Waals surface area contributed by atoms with E-state index in [-0.39, 0.29) is 5.03 Å². The predicted molar refractivity (Wildman–Crippen MR) is 119 cm³/mol. The molecule has 0 amide bonds. The molecule has 1 heterocycles. The molecule has 31 heavy (non-hydrogen) atoms. The second-order valence-corrected chi connectivity index (χ2v) is 8.27. The second-order valence-electron chi connectivity index (χ2n) is 7.30. The Morgan fingerprint density at radius 1 is 0.806 bits per heavy atom. The quantitative estimate of drug-likeness (QED) is 0.301. The van der Waals surface area contributed by atoms with Gasteiger partial charge in [-0.15, -0.1) is 11.8 Å². The molecular formula is C25H21F3N2S. The highest BCUT2D eigenvalue weighted by Crippen LogP contribution is 2.42. The highest BCUT2D eigenvalue weighted by atomic mass is 32.2.